The van der Waals surface area contributed by atoms with Crippen LogP contribution in [0.3, 0.4) is 0 Å². The van der Waals surface area contributed by atoms with Gasteiger partial charge in [0.1, 0.15) is 6.10 Å². The minimum Gasteiger partial charge on any atom is -0.481 e. The molecule has 4 atom stereocenters. The van der Waals surface area contributed by atoms with Crippen molar-refractivity contribution in [1.82, 2.24) is 0 Å². The zero-order valence-electron chi connectivity index (χ0n) is 8.94. The highest BCUT2D eigenvalue weighted by atomic mass is 16.4. The number of aliphatic hydroxyl groups excluding tert-OH is 3. The average Bonchev–Trinajstić information content (AvgIpc) is 2.13. The standard InChI is InChI=1S/C9H16O7/c1-3(2)4(8(13)14)5(10)6(11)7(12)9(15)16/h3-7,10-12H,1-2H3,(H,13,14)(H,15,16)/t4?,5-,6+,7-/m1/s1. The fourth-order valence-corrected chi connectivity index (χ4v) is 1.37. The van der Waals surface area contributed by atoms with Crippen LogP contribution in [-0.4, -0.2) is 55.8 Å². The molecule has 16 heavy (non-hydrogen) atoms. The van der Waals surface area contributed by atoms with Crippen molar-refractivity contribution in [3.8, 4) is 0 Å². The zero-order chi connectivity index (χ0) is 13.0. The minimum atomic E-state index is -2.21. The van der Waals surface area contributed by atoms with Crippen molar-refractivity contribution in [2.75, 3.05) is 0 Å². The van der Waals surface area contributed by atoms with E-state index in [1.54, 1.807) is 0 Å². The lowest BCUT2D eigenvalue weighted by molar-refractivity contribution is -0.168. The van der Waals surface area contributed by atoms with Crippen molar-refractivity contribution in [2.45, 2.75) is 32.2 Å². The number of hydrogen-bond acceptors (Lipinski definition) is 5. The average molecular weight is 236 g/mol. The van der Waals surface area contributed by atoms with Crippen LogP contribution >= 0.6 is 0 Å². The van der Waals surface area contributed by atoms with E-state index in [4.69, 9.17) is 15.3 Å². The normalized spacial score (nSPS) is 18.9. The van der Waals surface area contributed by atoms with Gasteiger partial charge in [0, 0.05) is 0 Å². The smallest absolute Gasteiger partial charge is 0.335 e. The molecule has 0 aromatic heterocycles. The maximum Gasteiger partial charge on any atom is 0.335 e. The Morgan fingerprint density at radius 1 is 0.875 bits per heavy atom. The Kier molecular flexibility index (Phi) is 5.36. The van der Waals surface area contributed by atoms with Gasteiger partial charge in [-0.15, -0.1) is 0 Å². The molecule has 0 aromatic rings. The lowest BCUT2D eigenvalue weighted by Gasteiger charge is -2.27. The predicted molar refractivity (Wildman–Crippen MR) is 51.6 cm³/mol. The van der Waals surface area contributed by atoms with Gasteiger partial charge in [0.15, 0.2) is 6.10 Å². The molecule has 0 aromatic carbocycles. The summed E-state index contributed by atoms with van der Waals surface area (Å²) in [6.45, 7) is 3.00. The molecule has 1 unspecified atom stereocenters. The fraction of sp³-hybridized carbons (Fsp3) is 0.778. The zero-order valence-corrected chi connectivity index (χ0v) is 8.94. The maximum absolute atomic E-state index is 10.8. The first-order valence-electron chi connectivity index (χ1n) is 4.70. The van der Waals surface area contributed by atoms with Gasteiger partial charge in [-0.25, -0.2) is 4.79 Å². The summed E-state index contributed by atoms with van der Waals surface area (Å²) in [5.74, 6) is -4.94. The summed E-state index contributed by atoms with van der Waals surface area (Å²) in [6, 6.07) is 0. The Labute approximate surface area is 92.0 Å². The minimum absolute atomic E-state index is 0.511. The first-order chi connectivity index (χ1) is 7.20. The molecule has 0 spiro atoms. The lowest BCUT2D eigenvalue weighted by Crippen LogP contribution is -2.48. The van der Waals surface area contributed by atoms with E-state index >= 15 is 0 Å². The van der Waals surface area contributed by atoms with Crippen LogP contribution in [0, 0.1) is 11.8 Å². The van der Waals surface area contributed by atoms with Crippen molar-refractivity contribution in [3.05, 3.63) is 0 Å². The molecule has 0 saturated carbocycles. The molecule has 0 rings (SSSR count). The van der Waals surface area contributed by atoms with Crippen LogP contribution in [0.2, 0.25) is 0 Å². The first kappa shape index (κ1) is 14.8. The second kappa shape index (κ2) is 5.78. The highest BCUT2D eigenvalue weighted by Crippen LogP contribution is 2.20. The van der Waals surface area contributed by atoms with Gasteiger partial charge >= 0.3 is 11.9 Å². The number of carbonyl (C=O) groups is 2. The van der Waals surface area contributed by atoms with Crippen LogP contribution in [0.25, 0.3) is 0 Å². The summed E-state index contributed by atoms with van der Waals surface area (Å²) in [5.41, 5.74) is 0. The Bertz CT molecular complexity index is 263. The molecule has 0 aliphatic carbocycles. The third kappa shape index (κ3) is 3.44. The Morgan fingerprint density at radius 3 is 1.56 bits per heavy atom. The largest absolute Gasteiger partial charge is 0.481 e. The summed E-state index contributed by atoms with van der Waals surface area (Å²) in [6.07, 6.45) is -6.10. The predicted octanol–water partition coefficient (Wildman–Crippen LogP) is -1.49. The molecular formula is C9H16O7. The molecule has 0 heterocycles. The number of rotatable bonds is 6. The molecule has 7 heteroatoms. The van der Waals surface area contributed by atoms with Gasteiger partial charge in [-0.05, 0) is 5.92 Å². The van der Waals surface area contributed by atoms with E-state index in [0.29, 0.717) is 0 Å². The van der Waals surface area contributed by atoms with Crippen LogP contribution in [0.1, 0.15) is 13.8 Å². The first-order valence-corrected chi connectivity index (χ1v) is 4.70. The van der Waals surface area contributed by atoms with Crippen LogP contribution in [-0.2, 0) is 9.59 Å². The van der Waals surface area contributed by atoms with Crippen molar-refractivity contribution < 1.29 is 35.1 Å². The van der Waals surface area contributed by atoms with Gasteiger partial charge in [-0.2, -0.15) is 0 Å². The highest BCUT2D eigenvalue weighted by Gasteiger charge is 2.39. The molecule has 5 N–H and O–H groups in total. The Morgan fingerprint density at radius 2 is 1.31 bits per heavy atom. The molecule has 0 fully saturated rings. The Balaban J connectivity index is 4.80. The van der Waals surface area contributed by atoms with E-state index in [9.17, 15) is 19.8 Å². The Hall–Kier alpha value is -1.18. The summed E-state index contributed by atoms with van der Waals surface area (Å²) < 4.78 is 0. The summed E-state index contributed by atoms with van der Waals surface area (Å²) in [7, 11) is 0. The van der Waals surface area contributed by atoms with Crippen LogP contribution in [0.5, 0.6) is 0 Å². The second-order valence-electron chi connectivity index (χ2n) is 3.87. The second-order valence-corrected chi connectivity index (χ2v) is 3.87. The van der Waals surface area contributed by atoms with E-state index in [0.717, 1.165) is 0 Å². The fourth-order valence-electron chi connectivity index (χ4n) is 1.37. The van der Waals surface area contributed by atoms with Gasteiger partial charge in [0.05, 0.1) is 12.0 Å². The third-order valence-electron chi connectivity index (χ3n) is 2.30. The SMILES string of the molecule is CC(C)C(C(=O)O)[C@@H](O)[C@H](O)[C@@H](O)C(=O)O. The quantitative estimate of drug-likeness (QED) is 0.379. The third-order valence-corrected chi connectivity index (χ3v) is 2.30. The molecule has 7 nitrogen and oxygen atoms in total. The topological polar surface area (TPSA) is 135 Å². The van der Waals surface area contributed by atoms with Crippen molar-refractivity contribution in [3.63, 3.8) is 0 Å². The van der Waals surface area contributed by atoms with E-state index < -0.39 is 42.1 Å². The van der Waals surface area contributed by atoms with Crippen LogP contribution < -0.4 is 0 Å². The molecule has 0 aliphatic rings. The molecule has 0 amide bonds. The number of aliphatic hydroxyl groups is 3. The molecule has 0 aliphatic heterocycles. The monoisotopic (exact) mass is 236 g/mol. The van der Waals surface area contributed by atoms with E-state index in [-0.39, 0.29) is 0 Å². The molecule has 0 radical (unpaired) electrons. The van der Waals surface area contributed by atoms with Crippen molar-refractivity contribution in [1.29, 1.82) is 0 Å². The number of aliphatic carboxylic acids is 2. The summed E-state index contributed by atoms with van der Waals surface area (Å²) in [4.78, 5) is 21.1. The van der Waals surface area contributed by atoms with Crippen LogP contribution in [0.4, 0.5) is 0 Å². The van der Waals surface area contributed by atoms with Gasteiger partial charge < -0.3 is 25.5 Å². The van der Waals surface area contributed by atoms with E-state index in [1.807, 2.05) is 0 Å². The number of hydrogen-bond donors (Lipinski definition) is 5. The van der Waals surface area contributed by atoms with Crippen LogP contribution in [0.15, 0.2) is 0 Å². The van der Waals surface area contributed by atoms with Crippen molar-refractivity contribution in [2.24, 2.45) is 11.8 Å². The maximum atomic E-state index is 10.8. The van der Waals surface area contributed by atoms with Gasteiger partial charge in [-0.1, -0.05) is 13.8 Å². The molecular weight excluding hydrogens is 220 g/mol. The van der Waals surface area contributed by atoms with E-state index in [2.05, 4.69) is 0 Å². The lowest BCUT2D eigenvalue weighted by atomic mass is 9.86. The molecule has 94 valence electrons. The molecule has 0 saturated heterocycles. The van der Waals surface area contributed by atoms with Gasteiger partial charge in [0.25, 0.3) is 0 Å². The highest BCUT2D eigenvalue weighted by molar-refractivity contribution is 5.74. The summed E-state index contributed by atoms with van der Waals surface area (Å²) in [5, 5.41) is 44.9. The van der Waals surface area contributed by atoms with Crippen molar-refractivity contribution >= 4 is 11.9 Å². The van der Waals surface area contributed by atoms with Gasteiger partial charge in [0.2, 0.25) is 0 Å². The number of carboxylic acid groups (broad SMARTS) is 2. The van der Waals surface area contributed by atoms with E-state index in [1.165, 1.54) is 13.8 Å². The van der Waals surface area contributed by atoms with Gasteiger partial charge in [-0.3, -0.25) is 4.79 Å². The summed E-state index contributed by atoms with van der Waals surface area (Å²) >= 11 is 0. The number of carboxylic acids is 2. The molecule has 0 bridgehead atoms.